The number of alkyl halides is 3. The molecule has 2 rings (SSSR count). The van der Waals surface area contributed by atoms with E-state index < -0.39 is 39.8 Å². The molecule has 1 N–H and O–H groups in total. The van der Waals surface area contributed by atoms with Crippen LogP contribution in [0, 0.1) is 10.1 Å². The van der Waals surface area contributed by atoms with Crippen molar-refractivity contribution in [2.45, 2.75) is 52.3 Å². The van der Waals surface area contributed by atoms with E-state index in [1.807, 2.05) is 0 Å². The van der Waals surface area contributed by atoms with E-state index in [4.69, 9.17) is 4.74 Å². The molecule has 0 amide bonds. The van der Waals surface area contributed by atoms with Crippen LogP contribution in [0.2, 0.25) is 0 Å². The number of rotatable bonds is 3. The number of hydrogen-bond acceptors (Lipinski definition) is 5. The third-order valence-corrected chi connectivity index (χ3v) is 4.12. The number of allylic oxidation sites excluding steroid dienone is 3. The van der Waals surface area contributed by atoms with Crippen molar-refractivity contribution in [2.24, 2.45) is 0 Å². The normalized spacial score (nSPS) is 18.1. The van der Waals surface area contributed by atoms with Gasteiger partial charge < -0.3 is 10.1 Å². The predicted molar refractivity (Wildman–Crippen MR) is 95.6 cm³/mol. The summed E-state index contributed by atoms with van der Waals surface area (Å²) in [6.45, 7) is 7.67. The first-order chi connectivity index (χ1) is 12.7. The van der Waals surface area contributed by atoms with Gasteiger partial charge in [-0.1, -0.05) is 18.2 Å². The van der Waals surface area contributed by atoms with Crippen molar-refractivity contribution in [2.75, 3.05) is 0 Å². The predicted octanol–water partition coefficient (Wildman–Crippen LogP) is 4.52. The van der Waals surface area contributed by atoms with Gasteiger partial charge in [-0.15, -0.1) is 0 Å². The van der Waals surface area contributed by atoms with Crippen LogP contribution in [0.25, 0.3) is 0 Å². The lowest BCUT2D eigenvalue weighted by atomic mass is 9.81. The molecule has 1 unspecified atom stereocenters. The molecule has 6 nitrogen and oxygen atoms in total. The summed E-state index contributed by atoms with van der Waals surface area (Å²) in [5, 5.41) is 14.4. The molecular formula is C19H21F3N2O4. The maximum Gasteiger partial charge on any atom is 0.416 e. The molecule has 152 valence electrons. The highest BCUT2D eigenvalue weighted by Crippen LogP contribution is 2.44. The van der Waals surface area contributed by atoms with Gasteiger partial charge >= 0.3 is 12.1 Å². The Bertz CT molecular complexity index is 880. The SMILES string of the molecule is CC1=C(C(=O)OC(C)(C)C)C(c2ccccc2C(F)(F)F)C([N+](=O)[O-])=C(C)N1. The zero-order chi connectivity index (χ0) is 21.4. The van der Waals surface area contributed by atoms with Crippen molar-refractivity contribution in [3.05, 3.63) is 68.2 Å². The van der Waals surface area contributed by atoms with Gasteiger partial charge in [0.1, 0.15) is 11.5 Å². The van der Waals surface area contributed by atoms with E-state index in [1.54, 1.807) is 20.8 Å². The van der Waals surface area contributed by atoms with E-state index in [2.05, 4.69) is 5.32 Å². The van der Waals surface area contributed by atoms with Crippen LogP contribution in [0.5, 0.6) is 0 Å². The standard InChI is InChI=1S/C19H21F3N2O4/c1-10-14(17(25)28-18(3,4)5)15(16(24(26)27)11(2)23-10)12-8-6-7-9-13(12)19(20,21)22/h6-9,15,23H,1-5H3. The second-order valence-corrected chi connectivity index (χ2v) is 7.45. The van der Waals surface area contributed by atoms with Crippen molar-refractivity contribution in [3.8, 4) is 0 Å². The molecule has 0 spiro atoms. The van der Waals surface area contributed by atoms with E-state index in [-0.39, 0.29) is 22.5 Å². The second-order valence-electron chi connectivity index (χ2n) is 7.45. The lowest BCUT2D eigenvalue weighted by molar-refractivity contribution is -0.431. The number of hydrogen-bond donors (Lipinski definition) is 1. The quantitative estimate of drug-likeness (QED) is 0.460. The highest BCUT2D eigenvalue weighted by Gasteiger charge is 2.45. The molecule has 0 saturated heterocycles. The van der Waals surface area contributed by atoms with Gasteiger partial charge in [0, 0.05) is 5.70 Å². The molecule has 0 aromatic heterocycles. The number of carbonyl (C=O) groups excluding carboxylic acids is 1. The highest BCUT2D eigenvalue weighted by atomic mass is 19.4. The number of halogens is 3. The van der Waals surface area contributed by atoms with E-state index in [0.29, 0.717) is 0 Å². The van der Waals surface area contributed by atoms with Gasteiger partial charge in [-0.3, -0.25) is 10.1 Å². The lowest BCUT2D eigenvalue weighted by Crippen LogP contribution is -2.35. The topological polar surface area (TPSA) is 81.5 Å². The second kappa shape index (κ2) is 7.29. The van der Waals surface area contributed by atoms with Crippen molar-refractivity contribution < 1.29 is 27.6 Å². The van der Waals surface area contributed by atoms with Crippen LogP contribution in [0.1, 0.15) is 51.7 Å². The summed E-state index contributed by atoms with van der Waals surface area (Å²) in [6, 6.07) is 4.53. The fourth-order valence-corrected chi connectivity index (χ4v) is 3.14. The van der Waals surface area contributed by atoms with Crippen LogP contribution in [-0.2, 0) is 15.7 Å². The molecule has 0 bridgehead atoms. The molecule has 1 atom stereocenters. The van der Waals surface area contributed by atoms with Gasteiger partial charge in [-0.05, 0) is 46.2 Å². The number of benzene rings is 1. The molecule has 0 saturated carbocycles. The van der Waals surface area contributed by atoms with Gasteiger partial charge in [0.05, 0.1) is 21.8 Å². The summed E-state index contributed by atoms with van der Waals surface area (Å²) in [5.41, 5.74) is -2.81. The average molecular weight is 398 g/mol. The fraction of sp³-hybridized carbons (Fsp3) is 0.421. The molecule has 28 heavy (non-hydrogen) atoms. The first-order valence-corrected chi connectivity index (χ1v) is 8.46. The molecule has 0 fully saturated rings. The van der Waals surface area contributed by atoms with Gasteiger partial charge in [0.15, 0.2) is 0 Å². The number of nitrogens with one attached hydrogen (secondary N) is 1. The third-order valence-electron chi connectivity index (χ3n) is 4.12. The van der Waals surface area contributed by atoms with E-state index >= 15 is 0 Å². The Kier molecular flexibility index (Phi) is 5.59. The van der Waals surface area contributed by atoms with Crippen LogP contribution in [-0.4, -0.2) is 16.5 Å². The summed E-state index contributed by atoms with van der Waals surface area (Å²) in [5.74, 6) is -2.43. The molecule has 9 heteroatoms. The zero-order valence-electron chi connectivity index (χ0n) is 16.1. The Hall–Kier alpha value is -2.84. The Labute approximate surface area is 160 Å². The Morgan fingerprint density at radius 2 is 1.71 bits per heavy atom. The summed E-state index contributed by atoms with van der Waals surface area (Å²) in [6.07, 6.45) is -4.75. The molecule has 1 aliphatic heterocycles. The minimum Gasteiger partial charge on any atom is -0.457 e. The first kappa shape index (κ1) is 21.5. The number of esters is 1. The number of dihydropyridines is 1. The monoisotopic (exact) mass is 398 g/mol. The minimum absolute atomic E-state index is 0.0665. The van der Waals surface area contributed by atoms with E-state index in [1.165, 1.54) is 26.0 Å². The number of nitro groups is 1. The number of carbonyl (C=O) groups is 1. The van der Waals surface area contributed by atoms with Crippen LogP contribution in [0.3, 0.4) is 0 Å². The molecule has 1 aromatic carbocycles. The summed E-state index contributed by atoms with van der Waals surface area (Å²) in [4.78, 5) is 23.8. The highest BCUT2D eigenvalue weighted by molar-refractivity contribution is 5.92. The van der Waals surface area contributed by atoms with Crippen molar-refractivity contribution in [3.63, 3.8) is 0 Å². The number of nitrogens with zero attached hydrogens (tertiary/aromatic N) is 1. The first-order valence-electron chi connectivity index (χ1n) is 8.46. The van der Waals surface area contributed by atoms with Crippen LogP contribution < -0.4 is 5.32 Å². The van der Waals surface area contributed by atoms with Gasteiger partial charge in [0.2, 0.25) is 0 Å². The summed E-state index contributed by atoms with van der Waals surface area (Å²) in [7, 11) is 0. The fourth-order valence-electron chi connectivity index (χ4n) is 3.14. The largest absolute Gasteiger partial charge is 0.457 e. The van der Waals surface area contributed by atoms with Gasteiger partial charge in [-0.25, -0.2) is 4.79 Å². The summed E-state index contributed by atoms with van der Waals surface area (Å²) >= 11 is 0. The van der Waals surface area contributed by atoms with Crippen molar-refractivity contribution in [1.29, 1.82) is 0 Å². The zero-order valence-corrected chi connectivity index (χ0v) is 16.1. The Morgan fingerprint density at radius 3 is 2.21 bits per heavy atom. The van der Waals surface area contributed by atoms with Gasteiger partial charge in [0.25, 0.3) is 5.70 Å². The molecule has 0 radical (unpaired) electrons. The molecule has 1 aromatic rings. The maximum absolute atomic E-state index is 13.6. The van der Waals surface area contributed by atoms with Crippen molar-refractivity contribution >= 4 is 5.97 Å². The average Bonchev–Trinajstić information content (AvgIpc) is 2.50. The van der Waals surface area contributed by atoms with Crippen LogP contribution in [0.4, 0.5) is 13.2 Å². The molecule has 0 aliphatic carbocycles. The minimum atomic E-state index is -4.75. The summed E-state index contributed by atoms with van der Waals surface area (Å²) < 4.78 is 46.1. The lowest BCUT2D eigenvalue weighted by Gasteiger charge is -2.30. The van der Waals surface area contributed by atoms with E-state index in [0.717, 1.165) is 12.1 Å². The van der Waals surface area contributed by atoms with Gasteiger partial charge in [-0.2, -0.15) is 13.2 Å². The number of ether oxygens (including phenoxy) is 1. The Balaban J connectivity index is 2.78. The maximum atomic E-state index is 13.6. The van der Waals surface area contributed by atoms with Crippen molar-refractivity contribution in [1.82, 2.24) is 5.32 Å². The molecule has 1 heterocycles. The van der Waals surface area contributed by atoms with E-state index in [9.17, 15) is 28.1 Å². The third kappa shape index (κ3) is 4.35. The Morgan fingerprint density at radius 1 is 1.14 bits per heavy atom. The van der Waals surface area contributed by atoms with Crippen LogP contribution in [0.15, 0.2) is 46.9 Å². The smallest absolute Gasteiger partial charge is 0.416 e. The molecule has 1 aliphatic rings. The molecular weight excluding hydrogens is 377 g/mol. The van der Waals surface area contributed by atoms with Crippen LogP contribution >= 0.6 is 0 Å².